The maximum absolute atomic E-state index is 12.3. The number of aromatic nitrogens is 3. The van der Waals surface area contributed by atoms with Crippen molar-refractivity contribution >= 4 is 23.4 Å². The van der Waals surface area contributed by atoms with Crippen LogP contribution >= 0.6 is 11.6 Å². The molecule has 0 spiro atoms. The molecule has 0 aliphatic heterocycles. The number of rotatable bonds is 5. The van der Waals surface area contributed by atoms with E-state index in [-0.39, 0.29) is 11.8 Å². The summed E-state index contributed by atoms with van der Waals surface area (Å²) in [6, 6.07) is 7.28. The second kappa shape index (κ2) is 6.42. The number of carbonyl (C=O) groups is 1. The van der Waals surface area contributed by atoms with Crippen molar-refractivity contribution in [3.63, 3.8) is 0 Å². The highest BCUT2D eigenvalue weighted by Gasteiger charge is 2.22. The third kappa shape index (κ3) is 2.94. The van der Waals surface area contributed by atoms with Gasteiger partial charge in [-0.3, -0.25) is 4.79 Å². The number of oxazole rings is 1. The van der Waals surface area contributed by atoms with Crippen LogP contribution in [0.3, 0.4) is 0 Å². The predicted octanol–water partition coefficient (Wildman–Crippen LogP) is 3.48. The Morgan fingerprint density at radius 1 is 1.39 bits per heavy atom. The van der Waals surface area contributed by atoms with Crippen LogP contribution < -0.4 is 5.32 Å². The van der Waals surface area contributed by atoms with Gasteiger partial charge in [-0.2, -0.15) is 9.50 Å². The molecule has 0 bridgehead atoms. The molecule has 0 saturated carbocycles. The number of nitrogens with one attached hydrogen (secondary N) is 1. The fraction of sp³-hybridized carbons (Fsp3) is 0.312. The molecule has 0 aliphatic rings. The van der Waals surface area contributed by atoms with Crippen LogP contribution in [0.2, 0.25) is 5.02 Å². The van der Waals surface area contributed by atoms with E-state index < -0.39 is 0 Å². The molecule has 0 unspecified atom stereocenters. The first-order chi connectivity index (χ1) is 11.1. The van der Waals surface area contributed by atoms with Gasteiger partial charge < -0.3 is 9.73 Å². The van der Waals surface area contributed by atoms with Crippen molar-refractivity contribution < 1.29 is 9.21 Å². The highest BCUT2D eigenvalue weighted by molar-refractivity contribution is 6.33. The van der Waals surface area contributed by atoms with Gasteiger partial charge in [-0.15, -0.1) is 5.10 Å². The quantitative estimate of drug-likeness (QED) is 0.726. The minimum absolute atomic E-state index is 0.217. The summed E-state index contributed by atoms with van der Waals surface area (Å²) in [6.07, 6.45) is 1.94. The Morgan fingerprint density at radius 2 is 2.17 bits per heavy atom. The molecule has 0 radical (unpaired) electrons. The molecule has 3 rings (SSSR count). The van der Waals surface area contributed by atoms with E-state index in [9.17, 15) is 4.79 Å². The van der Waals surface area contributed by atoms with Gasteiger partial charge >= 0.3 is 5.84 Å². The van der Waals surface area contributed by atoms with Crippen molar-refractivity contribution in [2.45, 2.75) is 26.7 Å². The number of carbonyl (C=O) groups excluding carboxylic acids is 1. The monoisotopic (exact) mass is 332 g/mol. The zero-order valence-electron chi connectivity index (χ0n) is 13.0. The van der Waals surface area contributed by atoms with Gasteiger partial charge in [0.05, 0.1) is 5.02 Å². The fourth-order valence-corrected chi connectivity index (χ4v) is 2.54. The van der Waals surface area contributed by atoms with E-state index in [1.807, 2.05) is 18.2 Å². The van der Waals surface area contributed by atoms with Crippen LogP contribution in [0.5, 0.6) is 0 Å². The third-order valence-electron chi connectivity index (χ3n) is 3.51. The van der Waals surface area contributed by atoms with Crippen molar-refractivity contribution in [1.29, 1.82) is 0 Å². The maximum Gasteiger partial charge on any atom is 0.325 e. The van der Waals surface area contributed by atoms with Crippen LogP contribution in [-0.4, -0.2) is 27.0 Å². The molecule has 1 N–H and O–H groups in total. The topological polar surface area (TPSA) is 72.4 Å². The van der Waals surface area contributed by atoms with E-state index >= 15 is 0 Å². The van der Waals surface area contributed by atoms with Crippen molar-refractivity contribution in [3.05, 3.63) is 40.7 Å². The van der Waals surface area contributed by atoms with Gasteiger partial charge in [0.2, 0.25) is 0 Å². The number of fused-ring (bicyclic) bond motifs is 1. The lowest BCUT2D eigenvalue weighted by Crippen LogP contribution is -2.26. The number of hydrogen-bond acceptors (Lipinski definition) is 4. The fourth-order valence-electron chi connectivity index (χ4n) is 2.32. The molecule has 0 aliphatic carbocycles. The first-order valence-electron chi connectivity index (χ1n) is 7.51. The number of unbranched alkanes of at least 4 members (excludes halogenated alkanes) is 1. The van der Waals surface area contributed by atoms with Crippen LogP contribution in [-0.2, 0) is 0 Å². The summed E-state index contributed by atoms with van der Waals surface area (Å²) in [5.41, 5.74) is 1.06. The van der Waals surface area contributed by atoms with E-state index in [2.05, 4.69) is 22.3 Å². The van der Waals surface area contributed by atoms with Crippen molar-refractivity contribution in [2.75, 3.05) is 6.54 Å². The molecule has 6 nitrogen and oxygen atoms in total. The minimum Gasteiger partial charge on any atom is -0.427 e. The Bertz CT molecular complexity index is 853. The van der Waals surface area contributed by atoms with E-state index in [0.29, 0.717) is 34.4 Å². The molecular weight excluding hydrogens is 316 g/mol. The lowest BCUT2D eigenvalue weighted by Gasteiger charge is -2.02. The summed E-state index contributed by atoms with van der Waals surface area (Å²) in [7, 11) is 0. The Labute approximate surface area is 138 Å². The smallest absolute Gasteiger partial charge is 0.325 e. The summed E-state index contributed by atoms with van der Waals surface area (Å²) < 4.78 is 6.98. The van der Waals surface area contributed by atoms with Gasteiger partial charge in [0.25, 0.3) is 5.91 Å². The van der Waals surface area contributed by atoms with Crippen molar-refractivity contribution in [2.24, 2.45) is 0 Å². The summed E-state index contributed by atoms with van der Waals surface area (Å²) in [6.45, 7) is 4.41. The summed E-state index contributed by atoms with van der Waals surface area (Å²) in [5, 5.41) is 7.79. The molecule has 3 aromatic rings. The lowest BCUT2D eigenvalue weighted by molar-refractivity contribution is 0.0945. The van der Waals surface area contributed by atoms with Crippen molar-refractivity contribution in [1.82, 2.24) is 19.9 Å². The second-order valence-electron chi connectivity index (χ2n) is 5.23. The van der Waals surface area contributed by atoms with Gasteiger partial charge in [-0.1, -0.05) is 37.1 Å². The number of aryl methyl sites for hydroxylation is 1. The summed E-state index contributed by atoms with van der Waals surface area (Å²) in [5.74, 6) is 0.972. The average Bonchev–Trinajstić information content (AvgIpc) is 3.04. The van der Waals surface area contributed by atoms with Gasteiger partial charge in [0.1, 0.15) is 5.76 Å². The maximum atomic E-state index is 12.3. The van der Waals surface area contributed by atoms with Gasteiger partial charge in [-0.05, 0) is 25.5 Å². The standard InChI is InChI=1S/C16H17ClN4O2/c1-3-4-9-18-15(22)13-10(2)23-16-19-14(20-21(13)16)11-7-5-6-8-12(11)17/h5-8H,3-4,9H2,1-2H3,(H,18,22). The van der Waals surface area contributed by atoms with Crippen LogP contribution in [0.25, 0.3) is 17.2 Å². The molecule has 1 aromatic carbocycles. The summed E-state index contributed by atoms with van der Waals surface area (Å²) in [4.78, 5) is 16.7. The molecule has 0 fully saturated rings. The van der Waals surface area contributed by atoms with Crippen LogP contribution in [0.4, 0.5) is 0 Å². The van der Waals surface area contributed by atoms with E-state index in [0.717, 1.165) is 12.8 Å². The highest BCUT2D eigenvalue weighted by Crippen LogP contribution is 2.26. The van der Waals surface area contributed by atoms with Crippen LogP contribution in [0.15, 0.2) is 28.7 Å². The Balaban J connectivity index is 1.98. The highest BCUT2D eigenvalue weighted by atomic mass is 35.5. The Hall–Kier alpha value is -2.34. The molecule has 7 heteroatoms. The number of amides is 1. The average molecular weight is 333 g/mol. The van der Waals surface area contributed by atoms with Crippen LogP contribution in [0, 0.1) is 6.92 Å². The normalized spacial score (nSPS) is 11.1. The molecule has 120 valence electrons. The Kier molecular flexibility index (Phi) is 4.34. The molecule has 0 atom stereocenters. The molecule has 23 heavy (non-hydrogen) atoms. The zero-order valence-corrected chi connectivity index (χ0v) is 13.7. The van der Waals surface area contributed by atoms with Gasteiger partial charge in [0.15, 0.2) is 11.5 Å². The number of halogens is 1. The van der Waals surface area contributed by atoms with E-state index in [1.165, 1.54) is 4.52 Å². The SMILES string of the molecule is CCCCNC(=O)c1c(C)oc2nc(-c3ccccc3Cl)nn12. The largest absolute Gasteiger partial charge is 0.427 e. The third-order valence-corrected chi connectivity index (χ3v) is 3.84. The van der Waals surface area contributed by atoms with E-state index in [4.69, 9.17) is 16.0 Å². The molecule has 2 aromatic heterocycles. The lowest BCUT2D eigenvalue weighted by atomic mass is 10.2. The Morgan fingerprint density at radius 3 is 2.91 bits per heavy atom. The molecule has 1 amide bonds. The summed E-state index contributed by atoms with van der Waals surface area (Å²) >= 11 is 6.17. The van der Waals surface area contributed by atoms with Gasteiger partial charge in [-0.25, -0.2) is 0 Å². The predicted molar refractivity (Wildman–Crippen MR) is 87.7 cm³/mol. The number of nitrogens with zero attached hydrogens (tertiary/aromatic N) is 3. The molecule has 2 heterocycles. The van der Waals surface area contributed by atoms with E-state index in [1.54, 1.807) is 13.0 Å². The second-order valence-corrected chi connectivity index (χ2v) is 5.63. The number of hydrogen-bond donors (Lipinski definition) is 1. The number of benzene rings is 1. The van der Waals surface area contributed by atoms with Crippen molar-refractivity contribution in [3.8, 4) is 11.4 Å². The van der Waals surface area contributed by atoms with Crippen LogP contribution in [0.1, 0.15) is 36.0 Å². The minimum atomic E-state index is -0.217. The van der Waals surface area contributed by atoms with Gasteiger partial charge in [0, 0.05) is 12.1 Å². The first-order valence-corrected chi connectivity index (χ1v) is 7.89. The molecular formula is C16H17ClN4O2. The first kappa shape index (κ1) is 15.6. The molecule has 0 saturated heterocycles. The zero-order chi connectivity index (χ0) is 16.4.